The first-order valence-corrected chi connectivity index (χ1v) is 11.2. The lowest BCUT2D eigenvalue weighted by Gasteiger charge is -2.47. The highest BCUT2D eigenvalue weighted by molar-refractivity contribution is 6.74. The number of carbonyl (C=O) groups excluding carboxylic acids is 1. The third-order valence-electron chi connectivity index (χ3n) is 5.54. The van der Waals surface area contributed by atoms with Gasteiger partial charge in [-0.2, -0.15) is 0 Å². The van der Waals surface area contributed by atoms with Crippen LogP contribution in [-0.4, -0.2) is 26.4 Å². The van der Waals surface area contributed by atoms with Crippen molar-refractivity contribution >= 4 is 14.2 Å². The summed E-state index contributed by atoms with van der Waals surface area (Å²) in [6.45, 7) is 13.3. The Morgan fingerprint density at radius 2 is 2.05 bits per heavy atom. The van der Waals surface area contributed by atoms with Crippen molar-refractivity contribution in [2.75, 3.05) is 0 Å². The number of rotatable bonds is 4. The lowest BCUT2D eigenvalue weighted by Crippen LogP contribution is -2.66. The first kappa shape index (κ1) is 16.8. The number of nitrogens with one attached hydrogen (secondary N) is 1. The van der Waals surface area contributed by atoms with Gasteiger partial charge in [-0.1, -0.05) is 32.9 Å². The Morgan fingerprint density at radius 3 is 2.52 bits per heavy atom. The monoisotopic (exact) mass is 309 g/mol. The molecule has 0 bridgehead atoms. The molecular weight excluding hydrogens is 278 g/mol. The zero-order valence-electron chi connectivity index (χ0n) is 14.4. The van der Waals surface area contributed by atoms with E-state index in [1.54, 1.807) is 0 Å². The first-order valence-electron chi connectivity index (χ1n) is 8.28. The van der Waals surface area contributed by atoms with E-state index in [-0.39, 0.29) is 29.0 Å². The Hall–Kier alpha value is -0.613. The molecule has 1 fully saturated rings. The van der Waals surface area contributed by atoms with Gasteiger partial charge in [0.2, 0.25) is 5.91 Å². The summed E-state index contributed by atoms with van der Waals surface area (Å²) in [5.41, 5.74) is 0. The molecular formula is C17H31NO2Si. The minimum atomic E-state index is -1.82. The van der Waals surface area contributed by atoms with Gasteiger partial charge in [-0.15, -0.1) is 0 Å². The zero-order chi connectivity index (χ0) is 15.8. The molecule has 1 unspecified atom stereocenters. The Morgan fingerprint density at radius 1 is 1.38 bits per heavy atom. The van der Waals surface area contributed by atoms with Crippen molar-refractivity contribution in [1.82, 2.24) is 5.32 Å². The normalized spacial score (nSPS) is 31.5. The van der Waals surface area contributed by atoms with E-state index >= 15 is 0 Å². The van der Waals surface area contributed by atoms with Crippen LogP contribution in [-0.2, 0) is 9.22 Å². The molecule has 0 aromatic rings. The zero-order valence-corrected chi connectivity index (χ0v) is 15.4. The molecule has 1 aliphatic carbocycles. The van der Waals surface area contributed by atoms with Crippen LogP contribution in [0.1, 0.15) is 47.0 Å². The van der Waals surface area contributed by atoms with Gasteiger partial charge in [0, 0.05) is 6.04 Å². The molecule has 0 aromatic heterocycles. The van der Waals surface area contributed by atoms with Crippen molar-refractivity contribution in [1.29, 1.82) is 0 Å². The number of hydrogen-bond donors (Lipinski definition) is 1. The van der Waals surface area contributed by atoms with Crippen LogP contribution < -0.4 is 5.32 Å². The van der Waals surface area contributed by atoms with Gasteiger partial charge in [-0.05, 0) is 50.2 Å². The van der Waals surface area contributed by atoms with Gasteiger partial charge in [0.25, 0.3) is 0 Å². The molecule has 120 valence electrons. The topological polar surface area (TPSA) is 38.3 Å². The van der Waals surface area contributed by atoms with Gasteiger partial charge in [-0.25, -0.2) is 0 Å². The molecule has 4 heteroatoms. The van der Waals surface area contributed by atoms with Gasteiger partial charge in [0.1, 0.15) is 0 Å². The highest BCUT2D eigenvalue weighted by Crippen LogP contribution is 2.40. The summed E-state index contributed by atoms with van der Waals surface area (Å²) in [6, 6.07) is 0.272. The summed E-state index contributed by atoms with van der Waals surface area (Å²) in [6.07, 6.45) is 8.16. The number of hydrogen-bond acceptors (Lipinski definition) is 2. The molecule has 0 saturated carbocycles. The lowest BCUT2D eigenvalue weighted by atomic mass is 9.75. The summed E-state index contributed by atoms with van der Waals surface area (Å²) in [5, 5.41) is 3.30. The summed E-state index contributed by atoms with van der Waals surface area (Å²) < 4.78 is 6.45. The van der Waals surface area contributed by atoms with E-state index in [0.717, 1.165) is 0 Å². The summed E-state index contributed by atoms with van der Waals surface area (Å²) >= 11 is 0. The minimum Gasteiger partial charge on any atom is -0.413 e. The SMILES string of the molecule is C[C@@H](O[Si](C)(C)C(C)(C)C)[C@H]1C(=O)NC1[C@H]1C=CCCC1. The maximum absolute atomic E-state index is 12.1. The standard InChI is InChI=1S/C17H31NO2Si/c1-12(20-21(5,6)17(2,3)4)14-15(18-16(14)19)13-10-8-7-9-11-13/h8,10,12-15H,7,9,11H2,1-6H3,(H,18,19)/t12-,13+,14-,15?/m1/s1. The number of β-lactam (4-membered cyclic amide) rings is 1. The molecule has 0 aromatic carbocycles. The first-order chi connectivity index (χ1) is 9.63. The van der Waals surface area contributed by atoms with Crippen LogP contribution in [0.4, 0.5) is 0 Å². The predicted octanol–water partition coefficient (Wildman–Crippen LogP) is 3.87. The molecule has 1 heterocycles. The van der Waals surface area contributed by atoms with E-state index in [9.17, 15) is 4.79 Å². The molecule has 1 amide bonds. The fourth-order valence-corrected chi connectivity index (χ4v) is 4.58. The number of amides is 1. The largest absolute Gasteiger partial charge is 0.413 e. The summed E-state index contributed by atoms with van der Waals surface area (Å²) in [7, 11) is -1.82. The third-order valence-corrected chi connectivity index (χ3v) is 10.1. The Kier molecular flexibility index (Phi) is 4.69. The van der Waals surface area contributed by atoms with Gasteiger partial charge >= 0.3 is 0 Å². The highest BCUT2D eigenvalue weighted by Gasteiger charge is 2.49. The molecule has 3 nitrogen and oxygen atoms in total. The maximum atomic E-state index is 12.1. The fraction of sp³-hybridized carbons (Fsp3) is 0.824. The maximum Gasteiger partial charge on any atom is 0.228 e. The van der Waals surface area contributed by atoms with E-state index in [2.05, 4.69) is 58.3 Å². The van der Waals surface area contributed by atoms with E-state index in [1.807, 2.05) is 0 Å². The van der Waals surface area contributed by atoms with Crippen molar-refractivity contribution in [2.24, 2.45) is 11.8 Å². The quantitative estimate of drug-likeness (QED) is 0.486. The van der Waals surface area contributed by atoms with Crippen LogP contribution in [0.2, 0.25) is 18.1 Å². The van der Waals surface area contributed by atoms with Gasteiger partial charge in [-0.3, -0.25) is 4.79 Å². The lowest BCUT2D eigenvalue weighted by molar-refractivity contribution is -0.141. The van der Waals surface area contributed by atoms with E-state index in [4.69, 9.17) is 4.43 Å². The average Bonchev–Trinajstić information content (AvgIpc) is 2.34. The molecule has 4 atom stereocenters. The Labute approximate surface area is 130 Å². The van der Waals surface area contributed by atoms with Crippen LogP contribution in [0.25, 0.3) is 0 Å². The van der Waals surface area contributed by atoms with Gasteiger partial charge < -0.3 is 9.74 Å². The predicted molar refractivity (Wildman–Crippen MR) is 89.6 cm³/mol. The summed E-state index contributed by atoms with van der Waals surface area (Å²) in [4.78, 5) is 12.1. The molecule has 1 aliphatic heterocycles. The van der Waals surface area contributed by atoms with Crippen LogP contribution in [0.5, 0.6) is 0 Å². The van der Waals surface area contributed by atoms with Crippen LogP contribution >= 0.6 is 0 Å². The minimum absolute atomic E-state index is 0.0139. The van der Waals surface area contributed by atoms with Crippen molar-refractivity contribution in [3.05, 3.63) is 12.2 Å². The second kappa shape index (κ2) is 5.88. The van der Waals surface area contributed by atoms with Crippen molar-refractivity contribution < 1.29 is 9.22 Å². The van der Waals surface area contributed by atoms with Crippen molar-refractivity contribution in [3.63, 3.8) is 0 Å². The summed E-state index contributed by atoms with van der Waals surface area (Å²) in [5.74, 6) is 0.684. The molecule has 2 rings (SSSR count). The highest BCUT2D eigenvalue weighted by atomic mass is 28.4. The molecule has 1 N–H and O–H groups in total. The van der Waals surface area contributed by atoms with Crippen molar-refractivity contribution in [3.8, 4) is 0 Å². The second-order valence-electron chi connectivity index (χ2n) is 8.17. The van der Waals surface area contributed by atoms with Crippen molar-refractivity contribution in [2.45, 2.75) is 77.2 Å². The number of allylic oxidation sites excluding steroid dienone is 1. The fourth-order valence-electron chi connectivity index (χ4n) is 3.15. The van der Waals surface area contributed by atoms with E-state index in [0.29, 0.717) is 5.92 Å². The van der Waals surface area contributed by atoms with Crippen LogP contribution in [0, 0.1) is 11.8 Å². The Bertz CT molecular complexity index is 425. The van der Waals surface area contributed by atoms with Crippen LogP contribution in [0.15, 0.2) is 12.2 Å². The molecule has 2 aliphatic rings. The second-order valence-corrected chi connectivity index (χ2v) is 12.9. The van der Waals surface area contributed by atoms with E-state index in [1.165, 1.54) is 19.3 Å². The van der Waals surface area contributed by atoms with Crippen LogP contribution in [0.3, 0.4) is 0 Å². The number of carbonyl (C=O) groups is 1. The Balaban J connectivity index is 2.03. The molecule has 21 heavy (non-hydrogen) atoms. The average molecular weight is 310 g/mol. The van der Waals surface area contributed by atoms with Gasteiger partial charge in [0.05, 0.1) is 12.0 Å². The molecule has 0 spiro atoms. The third kappa shape index (κ3) is 3.42. The smallest absolute Gasteiger partial charge is 0.228 e. The molecule has 0 radical (unpaired) electrons. The van der Waals surface area contributed by atoms with Gasteiger partial charge in [0.15, 0.2) is 8.32 Å². The molecule has 1 saturated heterocycles. The van der Waals surface area contributed by atoms with E-state index < -0.39 is 8.32 Å².